The Labute approximate surface area is 164 Å². The average Bonchev–Trinajstić information content (AvgIpc) is 2.62. The maximum atomic E-state index is 13.2. The molecule has 1 saturated heterocycles. The molecular weight excluding hydrogens is 367 g/mol. The molecule has 27 heavy (non-hydrogen) atoms. The number of ether oxygens (including phenoxy) is 1. The Hall–Kier alpha value is -2.11. The second kappa shape index (κ2) is 8.28. The molecule has 0 radical (unpaired) electrons. The van der Waals surface area contributed by atoms with Crippen LogP contribution in [0.5, 0.6) is 5.75 Å². The van der Waals surface area contributed by atoms with E-state index in [0.29, 0.717) is 18.0 Å². The fourth-order valence-corrected chi connectivity index (χ4v) is 3.58. The quantitative estimate of drug-likeness (QED) is 0.811. The second-order valence-electron chi connectivity index (χ2n) is 7.08. The maximum absolute atomic E-state index is 13.2. The number of benzene rings is 2. The van der Waals surface area contributed by atoms with Crippen LogP contribution in [0.2, 0.25) is 5.02 Å². The topological polar surface area (TPSA) is 41.6 Å². The van der Waals surface area contributed by atoms with Crippen LogP contribution in [0.4, 0.5) is 4.39 Å². The number of hydrogen-bond acceptors (Lipinski definition) is 3. The van der Waals surface area contributed by atoms with Crippen molar-refractivity contribution in [1.29, 1.82) is 0 Å². The van der Waals surface area contributed by atoms with Crippen molar-refractivity contribution in [3.05, 3.63) is 63.4 Å². The molecule has 0 unspecified atom stereocenters. The fourth-order valence-electron chi connectivity index (χ4n) is 3.40. The predicted octanol–water partition coefficient (Wildman–Crippen LogP) is 3.97. The van der Waals surface area contributed by atoms with E-state index in [1.54, 1.807) is 7.11 Å². The number of rotatable bonds is 6. The van der Waals surface area contributed by atoms with Gasteiger partial charge in [-0.1, -0.05) is 17.7 Å². The molecule has 0 bridgehead atoms. The minimum Gasteiger partial charge on any atom is -0.496 e. The van der Waals surface area contributed by atoms with Gasteiger partial charge in [-0.3, -0.25) is 9.69 Å². The van der Waals surface area contributed by atoms with Crippen molar-refractivity contribution < 1.29 is 13.9 Å². The van der Waals surface area contributed by atoms with Gasteiger partial charge in [0, 0.05) is 37.7 Å². The van der Waals surface area contributed by atoms with Crippen LogP contribution in [0.3, 0.4) is 0 Å². The molecule has 1 amide bonds. The zero-order chi connectivity index (χ0) is 19.6. The van der Waals surface area contributed by atoms with Crippen molar-refractivity contribution >= 4 is 17.5 Å². The van der Waals surface area contributed by atoms with Crippen molar-refractivity contribution in [2.24, 2.45) is 5.92 Å². The number of nitrogens with one attached hydrogen (secondary N) is 1. The Morgan fingerprint density at radius 1 is 1.26 bits per heavy atom. The van der Waals surface area contributed by atoms with Gasteiger partial charge in [0.2, 0.25) is 0 Å². The van der Waals surface area contributed by atoms with E-state index >= 15 is 0 Å². The highest BCUT2D eigenvalue weighted by atomic mass is 35.5. The standard InChI is InChI=1S/C21H24ClFN2O2/c1-13-14(2)20(27-3)7-5-17(13)12-25-10-15(11-25)9-24-21(26)16-4-6-19(23)18(22)8-16/h4-8,15H,9-12H2,1-3H3,(H,24,26). The molecule has 0 saturated carbocycles. The first-order valence-electron chi connectivity index (χ1n) is 8.97. The molecule has 1 heterocycles. The van der Waals surface area contributed by atoms with Crippen LogP contribution >= 0.6 is 11.6 Å². The molecule has 0 aliphatic carbocycles. The SMILES string of the molecule is COc1ccc(CN2CC(CNC(=O)c3ccc(F)c(Cl)c3)C2)c(C)c1C. The van der Waals surface area contributed by atoms with Gasteiger partial charge in [0.05, 0.1) is 12.1 Å². The summed E-state index contributed by atoms with van der Waals surface area (Å²) in [5, 5.41) is 2.87. The van der Waals surface area contributed by atoms with Crippen LogP contribution in [0, 0.1) is 25.6 Å². The molecule has 0 spiro atoms. The van der Waals surface area contributed by atoms with E-state index in [4.69, 9.17) is 16.3 Å². The van der Waals surface area contributed by atoms with Gasteiger partial charge in [0.15, 0.2) is 0 Å². The number of carbonyl (C=O) groups is 1. The van der Waals surface area contributed by atoms with Crippen LogP contribution in [-0.2, 0) is 6.54 Å². The van der Waals surface area contributed by atoms with E-state index in [1.165, 1.54) is 34.9 Å². The second-order valence-corrected chi connectivity index (χ2v) is 7.48. The summed E-state index contributed by atoms with van der Waals surface area (Å²) in [5.74, 6) is 0.592. The van der Waals surface area contributed by atoms with Gasteiger partial charge >= 0.3 is 0 Å². The number of likely N-dealkylation sites (tertiary alicyclic amines) is 1. The summed E-state index contributed by atoms with van der Waals surface area (Å²) in [7, 11) is 1.69. The third-order valence-electron chi connectivity index (χ3n) is 5.23. The number of methoxy groups -OCH3 is 1. The van der Waals surface area contributed by atoms with Gasteiger partial charge in [0.25, 0.3) is 5.91 Å². The van der Waals surface area contributed by atoms with Gasteiger partial charge in [0.1, 0.15) is 11.6 Å². The van der Waals surface area contributed by atoms with E-state index in [0.717, 1.165) is 25.4 Å². The lowest BCUT2D eigenvalue weighted by Crippen LogP contribution is -2.50. The molecule has 4 nitrogen and oxygen atoms in total. The van der Waals surface area contributed by atoms with Gasteiger partial charge in [-0.25, -0.2) is 4.39 Å². The zero-order valence-corrected chi connectivity index (χ0v) is 16.6. The highest BCUT2D eigenvalue weighted by Crippen LogP contribution is 2.27. The summed E-state index contributed by atoms with van der Waals surface area (Å²) in [4.78, 5) is 14.5. The number of halogens is 2. The lowest BCUT2D eigenvalue weighted by molar-refractivity contribution is 0.0797. The fraction of sp³-hybridized carbons (Fsp3) is 0.381. The summed E-state index contributed by atoms with van der Waals surface area (Å²) in [6.45, 7) is 7.58. The van der Waals surface area contributed by atoms with Crippen LogP contribution < -0.4 is 10.1 Å². The molecule has 0 aromatic heterocycles. The molecule has 1 aliphatic rings. The number of carbonyl (C=O) groups excluding carboxylic acids is 1. The third kappa shape index (κ3) is 4.42. The van der Waals surface area contributed by atoms with E-state index in [-0.39, 0.29) is 10.9 Å². The molecule has 2 aromatic carbocycles. The van der Waals surface area contributed by atoms with Gasteiger partial charge in [-0.05, 0) is 54.8 Å². The van der Waals surface area contributed by atoms with Crippen LogP contribution in [0.25, 0.3) is 0 Å². The van der Waals surface area contributed by atoms with Crippen LogP contribution in [0.15, 0.2) is 30.3 Å². The number of nitrogens with zero attached hydrogens (tertiary/aromatic N) is 1. The number of amides is 1. The van der Waals surface area contributed by atoms with Crippen molar-refractivity contribution in [3.8, 4) is 5.75 Å². The monoisotopic (exact) mass is 390 g/mol. The van der Waals surface area contributed by atoms with E-state index < -0.39 is 5.82 Å². The molecule has 144 valence electrons. The van der Waals surface area contributed by atoms with Gasteiger partial charge in [-0.15, -0.1) is 0 Å². The molecular formula is C21H24ClFN2O2. The molecule has 1 fully saturated rings. The van der Waals surface area contributed by atoms with E-state index in [9.17, 15) is 9.18 Å². The van der Waals surface area contributed by atoms with E-state index in [1.807, 2.05) is 6.07 Å². The molecule has 6 heteroatoms. The first-order valence-corrected chi connectivity index (χ1v) is 9.35. The maximum Gasteiger partial charge on any atom is 0.251 e. The summed E-state index contributed by atoms with van der Waals surface area (Å²) in [6, 6.07) is 8.14. The first-order chi connectivity index (χ1) is 12.9. The average molecular weight is 391 g/mol. The summed E-state index contributed by atoms with van der Waals surface area (Å²) in [6.07, 6.45) is 0. The van der Waals surface area contributed by atoms with Crippen LogP contribution in [-0.4, -0.2) is 37.6 Å². The largest absolute Gasteiger partial charge is 0.496 e. The minimum absolute atomic E-state index is 0.0392. The van der Waals surface area contributed by atoms with Crippen LogP contribution in [0.1, 0.15) is 27.0 Å². The summed E-state index contributed by atoms with van der Waals surface area (Å²) >= 11 is 5.73. The van der Waals surface area contributed by atoms with Crippen molar-refractivity contribution in [1.82, 2.24) is 10.2 Å². The Bertz CT molecular complexity index is 850. The Morgan fingerprint density at radius 3 is 2.67 bits per heavy atom. The molecule has 2 aromatic rings. The van der Waals surface area contributed by atoms with Crippen molar-refractivity contribution in [2.75, 3.05) is 26.7 Å². The minimum atomic E-state index is -0.521. The molecule has 1 N–H and O–H groups in total. The Balaban J connectivity index is 1.47. The first kappa shape index (κ1) is 19.6. The van der Waals surface area contributed by atoms with Gasteiger partial charge in [-0.2, -0.15) is 0 Å². The van der Waals surface area contributed by atoms with E-state index in [2.05, 4.69) is 30.1 Å². The molecule has 1 aliphatic heterocycles. The normalized spacial score (nSPS) is 14.7. The number of hydrogen-bond donors (Lipinski definition) is 1. The van der Waals surface area contributed by atoms with Crippen molar-refractivity contribution in [2.45, 2.75) is 20.4 Å². The highest BCUT2D eigenvalue weighted by molar-refractivity contribution is 6.31. The van der Waals surface area contributed by atoms with Gasteiger partial charge < -0.3 is 10.1 Å². The third-order valence-corrected chi connectivity index (χ3v) is 5.52. The molecule has 0 atom stereocenters. The Kier molecular flexibility index (Phi) is 6.02. The zero-order valence-electron chi connectivity index (χ0n) is 15.8. The predicted molar refractivity (Wildman–Crippen MR) is 105 cm³/mol. The summed E-state index contributed by atoms with van der Waals surface area (Å²) < 4.78 is 18.5. The van der Waals surface area contributed by atoms with Crippen molar-refractivity contribution in [3.63, 3.8) is 0 Å². The molecule has 3 rings (SSSR count). The Morgan fingerprint density at radius 2 is 2.00 bits per heavy atom. The lowest BCUT2D eigenvalue weighted by Gasteiger charge is -2.39. The summed E-state index contributed by atoms with van der Waals surface area (Å²) in [5.41, 5.74) is 4.12. The lowest BCUT2D eigenvalue weighted by atomic mass is 9.96. The highest BCUT2D eigenvalue weighted by Gasteiger charge is 2.27. The smallest absolute Gasteiger partial charge is 0.251 e.